The van der Waals surface area contributed by atoms with E-state index in [0.29, 0.717) is 0 Å². The van der Waals surface area contributed by atoms with Crippen molar-refractivity contribution in [1.29, 1.82) is 0 Å². The van der Waals surface area contributed by atoms with Gasteiger partial charge in [-0.1, -0.05) is 127 Å². The first-order valence-corrected chi connectivity index (χ1v) is 13.5. The van der Waals surface area contributed by atoms with E-state index < -0.39 is 0 Å². The zero-order valence-electron chi connectivity index (χ0n) is 21.2. The fourth-order valence-electron chi connectivity index (χ4n) is 4.49. The van der Waals surface area contributed by atoms with Crippen LogP contribution in [-0.2, 0) is 0 Å². The predicted molar refractivity (Wildman–Crippen MR) is 138 cm³/mol. The molecule has 0 aliphatic heterocycles. The maximum Gasteiger partial charge on any atom is 0.132 e. The molecule has 0 bridgehead atoms. The number of hydrogen-bond acceptors (Lipinski definition) is 0. The zero-order valence-corrected chi connectivity index (χ0v) is 21.2. The monoisotopic (exact) mass is 416 g/mol. The number of nitrogens with zero attached hydrogens (tertiary/aromatic N) is 1. The van der Waals surface area contributed by atoms with E-state index in [4.69, 9.17) is 0 Å². The Morgan fingerprint density at radius 2 is 0.833 bits per heavy atom. The van der Waals surface area contributed by atoms with E-state index in [1.807, 2.05) is 0 Å². The lowest BCUT2D eigenvalue weighted by molar-refractivity contribution is 0.380. The molecule has 0 saturated carbocycles. The van der Waals surface area contributed by atoms with Gasteiger partial charge in [0, 0.05) is 0 Å². The van der Waals surface area contributed by atoms with E-state index in [0.717, 1.165) is 4.48 Å². The Hall–Kier alpha value is -0.820. The van der Waals surface area contributed by atoms with E-state index in [1.54, 1.807) is 0 Å². The van der Waals surface area contributed by atoms with Gasteiger partial charge in [-0.2, -0.15) is 0 Å². The Morgan fingerprint density at radius 3 is 1.20 bits per heavy atom. The number of benzene rings is 1. The summed E-state index contributed by atoms with van der Waals surface area (Å²) in [6, 6.07) is 9.07. The van der Waals surface area contributed by atoms with Crippen LogP contribution in [0.5, 0.6) is 0 Å². The molecule has 0 heterocycles. The van der Waals surface area contributed by atoms with Gasteiger partial charge < -0.3 is 0 Å². The topological polar surface area (TPSA) is 0 Å². The molecule has 0 unspecified atom stereocenters. The van der Waals surface area contributed by atoms with E-state index in [-0.39, 0.29) is 0 Å². The number of aryl methyl sites for hydroxylation is 1. The molecule has 1 nitrogen and oxygen atoms in total. The molecule has 1 rings (SSSR count). The van der Waals surface area contributed by atoms with E-state index in [1.165, 1.54) is 133 Å². The lowest BCUT2D eigenvalue weighted by Gasteiger charge is -2.29. The number of hydrogen-bond donors (Lipinski definition) is 0. The second-order valence-corrected chi connectivity index (χ2v) is 10.3. The van der Waals surface area contributed by atoms with Crippen LogP contribution in [0.1, 0.15) is 128 Å². The second kappa shape index (κ2) is 17.8. The molecule has 0 saturated heterocycles. The van der Waals surface area contributed by atoms with Crippen molar-refractivity contribution < 1.29 is 0 Å². The quantitative estimate of drug-likeness (QED) is 0.146. The first-order valence-electron chi connectivity index (χ1n) is 13.5. The Kier molecular flexibility index (Phi) is 16.2. The third kappa shape index (κ3) is 14.2. The summed E-state index contributed by atoms with van der Waals surface area (Å²) in [7, 11) is 4.69. The summed E-state index contributed by atoms with van der Waals surface area (Å²) in [5, 5.41) is 0. The summed E-state index contributed by atoms with van der Waals surface area (Å²) in [4.78, 5) is 0. The van der Waals surface area contributed by atoms with Crippen molar-refractivity contribution in [3.05, 3.63) is 29.8 Å². The fourth-order valence-corrected chi connectivity index (χ4v) is 4.49. The molecular formula is C29H54N+. The molecule has 0 fully saturated rings. The van der Waals surface area contributed by atoms with Gasteiger partial charge in [0.05, 0.1) is 20.6 Å². The van der Waals surface area contributed by atoms with Gasteiger partial charge >= 0.3 is 0 Å². The molecule has 1 aromatic carbocycles. The zero-order chi connectivity index (χ0) is 21.9. The van der Waals surface area contributed by atoms with Crippen LogP contribution in [0.2, 0.25) is 0 Å². The average molecular weight is 417 g/mol. The molecule has 0 radical (unpaired) electrons. The molecule has 30 heavy (non-hydrogen) atoms. The second-order valence-electron chi connectivity index (χ2n) is 10.3. The van der Waals surface area contributed by atoms with Crippen molar-refractivity contribution >= 4 is 5.69 Å². The third-order valence-corrected chi connectivity index (χ3v) is 6.80. The van der Waals surface area contributed by atoms with Crippen LogP contribution in [0.25, 0.3) is 0 Å². The lowest BCUT2D eigenvalue weighted by Crippen LogP contribution is -2.41. The molecule has 0 aliphatic carbocycles. The highest BCUT2D eigenvalue weighted by molar-refractivity contribution is 5.43. The summed E-state index contributed by atoms with van der Waals surface area (Å²) < 4.78 is 1.01. The van der Waals surface area contributed by atoms with Crippen molar-refractivity contribution in [3.63, 3.8) is 0 Å². The number of unbranched alkanes of at least 4 members (excludes halogenated alkanes) is 17. The third-order valence-electron chi connectivity index (χ3n) is 6.80. The van der Waals surface area contributed by atoms with Crippen molar-refractivity contribution in [3.8, 4) is 0 Å². The van der Waals surface area contributed by atoms with Crippen molar-refractivity contribution in [1.82, 2.24) is 4.48 Å². The van der Waals surface area contributed by atoms with Crippen molar-refractivity contribution in [2.45, 2.75) is 129 Å². The van der Waals surface area contributed by atoms with Gasteiger partial charge in [0.25, 0.3) is 0 Å². The molecule has 0 spiro atoms. The highest BCUT2D eigenvalue weighted by Gasteiger charge is 2.17. The molecule has 1 heteroatoms. The molecule has 0 N–H and O–H groups in total. The minimum atomic E-state index is 1.01. The van der Waals surface area contributed by atoms with E-state index >= 15 is 0 Å². The summed E-state index contributed by atoms with van der Waals surface area (Å²) in [5.74, 6) is 0. The van der Waals surface area contributed by atoms with Gasteiger partial charge in [-0.15, -0.1) is 0 Å². The standard InChI is InChI=1S/C29H54N/c1-5-6-7-8-9-10-11-12-13-14-15-16-17-18-19-20-21-22-27-30(3,4)29-25-23-28(2)24-26-29/h23-26H,5-22,27H2,1-4H3/q+1. The summed E-state index contributed by atoms with van der Waals surface area (Å²) in [6.07, 6.45) is 26.0. The molecule has 0 aromatic heterocycles. The Bertz CT molecular complexity index is 488. The smallest absolute Gasteiger partial charge is 0.132 e. The van der Waals surface area contributed by atoms with E-state index in [2.05, 4.69) is 52.2 Å². The fraction of sp³-hybridized carbons (Fsp3) is 0.793. The predicted octanol–water partition coefficient (Wildman–Crippen LogP) is 9.60. The van der Waals surface area contributed by atoms with Crippen LogP contribution in [0.3, 0.4) is 0 Å². The Morgan fingerprint density at radius 1 is 0.500 bits per heavy atom. The first kappa shape index (κ1) is 27.2. The highest BCUT2D eigenvalue weighted by Crippen LogP contribution is 2.21. The maximum absolute atomic E-state index is 2.35. The summed E-state index contributed by atoms with van der Waals surface area (Å²) in [6.45, 7) is 5.72. The molecular weight excluding hydrogens is 362 g/mol. The number of quaternary nitrogens is 1. The van der Waals surface area contributed by atoms with Crippen LogP contribution in [0, 0.1) is 6.92 Å². The first-order chi connectivity index (χ1) is 14.6. The van der Waals surface area contributed by atoms with Gasteiger partial charge in [-0.3, -0.25) is 4.48 Å². The van der Waals surface area contributed by atoms with Gasteiger partial charge in [-0.25, -0.2) is 0 Å². The van der Waals surface area contributed by atoms with Crippen LogP contribution in [-0.4, -0.2) is 20.6 Å². The lowest BCUT2D eigenvalue weighted by atomic mass is 10.0. The molecule has 0 aliphatic rings. The molecule has 0 atom stereocenters. The molecule has 174 valence electrons. The molecule has 1 aromatic rings. The maximum atomic E-state index is 2.35. The van der Waals surface area contributed by atoms with Gasteiger partial charge in [0.1, 0.15) is 5.69 Å². The Labute approximate surface area is 190 Å². The van der Waals surface area contributed by atoms with Gasteiger partial charge in [0.15, 0.2) is 0 Å². The van der Waals surface area contributed by atoms with Gasteiger partial charge in [-0.05, 0) is 31.9 Å². The van der Waals surface area contributed by atoms with Gasteiger partial charge in [0.2, 0.25) is 0 Å². The van der Waals surface area contributed by atoms with Crippen LogP contribution in [0.4, 0.5) is 5.69 Å². The Balaban J connectivity index is 1.83. The van der Waals surface area contributed by atoms with Crippen LogP contribution in [0.15, 0.2) is 24.3 Å². The normalized spacial score (nSPS) is 11.9. The minimum Gasteiger partial charge on any atom is -0.296 e. The number of rotatable bonds is 20. The summed E-state index contributed by atoms with van der Waals surface area (Å²) >= 11 is 0. The summed E-state index contributed by atoms with van der Waals surface area (Å²) in [5.41, 5.74) is 2.79. The average Bonchev–Trinajstić information content (AvgIpc) is 2.73. The van der Waals surface area contributed by atoms with E-state index in [9.17, 15) is 0 Å². The van der Waals surface area contributed by atoms with Crippen LogP contribution < -0.4 is 4.48 Å². The van der Waals surface area contributed by atoms with Crippen molar-refractivity contribution in [2.75, 3.05) is 20.6 Å². The van der Waals surface area contributed by atoms with Crippen molar-refractivity contribution in [2.24, 2.45) is 0 Å². The SMILES string of the molecule is CCCCCCCCCCCCCCCCCCCC[N+](C)(C)c1ccc(C)cc1. The minimum absolute atomic E-state index is 1.01. The molecule has 0 amide bonds. The van der Waals surface area contributed by atoms with Crippen LogP contribution >= 0.6 is 0 Å². The largest absolute Gasteiger partial charge is 0.296 e. The highest BCUT2D eigenvalue weighted by atomic mass is 15.3.